The van der Waals surface area contributed by atoms with Gasteiger partial charge < -0.3 is 11.1 Å². The Morgan fingerprint density at radius 3 is 2.67 bits per heavy atom. The summed E-state index contributed by atoms with van der Waals surface area (Å²) in [4.78, 5) is 11.8. The maximum Gasteiger partial charge on any atom is 0.275 e. The van der Waals surface area contributed by atoms with Crippen molar-refractivity contribution in [2.45, 2.75) is 19.8 Å². The highest BCUT2D eigenvalue weighted by Crippen LogP contribution is 2.13. The van der Waals surface area contributed by atoms with E-state index in [9.17, 15) is 4.79 Å². The Bertz CT molecular complexity index is 530. The number of benzene rings is 1. The van der Waals surface area contributed by atoms with E-state index in [-0.39, 0.29) is 11.6 Å². The lowest BCUT2D eigenvalue weighted by Gasteiger charge is -2.05. The van der Waals surface area contributed by atoms with Crippen molar-refractivity contribution in [1.82, 2.24) is 10.2 Å². The van der Waals surface area contributed by atoms with Crippen molar-refractivity contribution in [2.24, 2.45) is 0 Å². The van der Waals surface area contributed by atoms with Crippen LogP contribution in [0.25, 0.3) is 0 Å². The van der Waals surface area contributed by atoms with Crippen molar-refractivity contribution in [2.75, 3.05) is 11.1 Å². The molecule has 94 valence electrons. The zero-order valence-corrected chi connectivity index (χ0v) is 10.2. The smallest absolute Gasteiger partial charge is 0.275 e. The van der Waals surface area contributed by atoms with Crippen LogP contribution in [0, 0.1) is 0 Å². The van der Waals surface area contributed by atoms with Crippen LogP contribution in [0.15, 0.2) is 30.5 Å². The lowest BCUT2D eigenvalue weighted by atomic mass is 10.1. The first-order valence-corrected chi connectivity index (χ1v) is 5.90. The Balaban J connectivity index is 2.05. The summed E-state index contributed by atoms with van der Waals surface area (Å²) in [7, 11) is 0. The first-order valence-electron chi connectivity index (χ1n) is 5.90. The number of anilines is 2. The van der Waals surface area contributed by atoms with E-state index in [1.165, 1.54) is 11.8 Å². The summed E-state index contributed by atoms with van der Waals surface area (Å²) in [6.45, 7) is 2.14. The lowest BCUT2D eigenvalue weighted by molar-refractivity contribution is 0.102. The molecule has 2 rings (SSSR count). The zero-order valence-electron chi connectivity index (χ0n) is 10.2. The maximum atomic E-state index is 11.8. The highest BCUT2D eigenvalue weighted by molar-refractivity contribution is 6.06. The van der Waals surface area contributed by atoms with Gasteiger partial charge in [-0.15, -0.1) is 0 Å². The van der Waals surface area contributed by atoms with Gasteiger partial charge in [-0.1, -0.05) is 25.5 Å². The van der Waals surface area contributed by atoms with E-state index in [2.05, 4.69) is 22.4 Å². The Kier molecular flexibility index (Phi) is 3.62. The van der Waals surface area contributed by atoms with Crippen LogP contribution >= 0.6 is 0 Å². The first-order chi connectivity index (χ1) is 8.70. The molecule has 1 aromatic heterocycles. The minimum Gasteiger partial charge on any atom is -0.396 e. The maximum absolute atomic E-state index is 11.8. The topological polar surface area (TPSA) is 83.8 Å². The van der Waals surface area contributed by atoms with Crippen LogP contribution in [0.2, 0.25) is 0 Å². The fourth-order valence-electron chi connectivity index (χ4n) is 1.71. The van der Waals surface area contributed by atoms with Crippen LogP contribution < -0.4 is 11.1 Å². The third-order valence-corrected chi connectivity index (χ3v) is 2.65. The SMILES string of the molecule is CCCc1ccc(NC(=O)c2[nH]ncc2N)cc1. The molecule has 1 aromatic carbocycles. The van der Waals surface area contributed by atoms with Crippen LogP contribution in [-0.2, 0) is 6.42 Å². The van der Waals surface area contributed by atoms with Crippen molar-refractivity contribution >= 4 is 17.3 Å². The number of carbonyl (C=O) groups excluding carboxylic acids is 1. The van der Waals surface area contributed by atoms with E-state index in [0.29, 0.717) is 5.69 Å². The van der Waals surface area contributed by atoms with Crippen molar-refractivity contribution in [3.05, 3.63) is 41.7 Å². The van der Waals surface area contributed by atoms with Crippen molar-refractivity contribution in [1.29, 1.82) is 0 Å². The van der Waals surface area contributed by atoms with Crippen molar-refractivity contribution < 1.29 is 4.79 Å². The monoisotopic (exact) mass is 244 g/mol. The molecule has 0 unspecified atom stereocenters. The molecular formula is C13H16N4O. The number of H-pyrrole nitrogens is 1. The predicted octanol–water partition coefficient (Wildman–Crippen LogP) is 2.20. The Morgan fingerprint density at radius 2 is 2.11 bits per heavy atom. The fourth-order valence-corrected chi connectivity index (χ4v) is 1.71. The summed E-state index contributed by atoms with van der Waals surface area (Å²) in [5.74, 6) is -0.284. The minimum absolute atomic E-state index is 0.284. The Labute approximate surface area is 105 Å². The predicted molar refractivity (Wildman–Crippen MR) is 71.4 cm³/mol. The second-order valence-electron chi connectivity index (χ2n) is 4.10. The molecule has 0 radical (unpaired) electrons. The molecule has 0 atom stereocenters. The third-order valence-electron chi connectivity index (χ3n) is 2.65. The number of carbonyl (C=O) groups is 1. The molecule has 0 spiro atoms. The largest absolute Gasteiger partial charge is 0.396 e. The van der Waals surface area contributed by atoms with Gasteiger partial charge in [0.05, 0.1) is 11.9 Å². The highest BCUT2D eigenvalue weighted by atomic mass is 16.1. The summed E-state index contributed by atoms with van der Waals surface area (Å²) in [5.41, 5.74) is 8.24. The third kappa shape index (κ3) is 2.68. The minimum atomic E-state index is -0.284. The molecule has 5 heteroatoms. The lowest BCUT2D eigenvalue weighted by Crippen LogP contribution is -2.14. The van der Waals surface area contributed by atoms with E-state index < -0.39 is 0 Å². The number of nitrogen functional groups attached to an aromatic ring is 1. The van der Waals surface area contributed by atoms with Crippen molar-refractivity contribution in [3.8, 4) is 0 Å². The van der Waals surface area contributed by atoms with Gasteiger partial charge in [-0.25, -0.2) is 0 Å². The molecule has 0 aliphatic carbocycles. The van der Waals surface area contributed by atoms with E-state index in [1.807, 2.05) is 24.3 Å². The van der Waals surface area contributed by atoms with E-state index in [0.717, 1.165) is 18.5 Å². The second kappa shape index (κ2) is 5.35. The molecule has 4 N–H and O–H groups in total. The zero-order chi connectivity index (χ0) is 13.0. The van der Waals surface area contributed by atoms with Gasteiger partial charge in [0, 0.05) is 5.69 Å². The van der Waals surface area contributed by atoms with Gasteiger partial charge in [0.2, 0.25) is 0 Å². The van der Waals surface area contributed by atoms with Gasteiger partial charge in [0.25, 0.3) is 5.91 Å². The van der Waals surface area contributed by atoms with Crippen LogP contribution in [0.3, 0.4) is 0 Å². The summed E-state index contributed by atoms with van der Waals surface area (Å²) in [5, 5.41) is 9.05. The van der Waals surface area contributed by atoms with Gasteiger partial charge >= 0.3 is 0 Å². The van der Waals surface area contributed by atoms with Crippen LogP contribution in [0.5, 0.6) is 0 Å². The Morgan fingerprint density at radius 1 is 1.39 bits per heavy atom. The number of aryl methyl sites for hydroxylation is 1. The second-order valence-corrected chi connectivity index (χ2v) is 4.10. The molecule has 0 bridgehead atoms. The molecule has 2 aromatic rings. The van der Waals surface area contributed by atoms with Crippen LogP contribution in [-0.4, -0.2) is 16.1 Å². The quantitative estimate of drug-likeness (QED) is 0.770. The summed E-state index contributed by atoms with van der Waals surface area (Å²) in [6.07, 6.45) is 3.57. The van der Waals surface area contributed by atoms with Gasteiger partial charge in [0.15, 0.2) is 0 Å². The molecule has 0 fully saturated rings. The number of aromatic nitrogens is 2. The number of rotatable bonds is 4. The first kappa shape index (κ1) is 12.2. The van der Waals surface area contributed by atoms with Gasteiger partial charge in [0.1, 0.15) is 5.69 Å². The summed E-state index contributed by atoms with van der Waals surface area (Å²) in [6, 6.07) is 7.79. The average molecular weight is 244 g/mol. The van der Waals surface area contributed by atoms with Gasteiger partial charge in [-0.3, -0.25) is 9.89 Å². The molecular weight excluding hydrogens is 228 g/mol. The molecule has 5 nitrogen and oxygen atoms in total. The molecule has 0 saturated carbocycles. The number of aromatic amines is 1. The molecule has 0 aliphatic heterocycles. The van der Waals surface area contributed by atoms with Gasteiger partial charge in [-0.05, 0) is 24.1 Å². The number of nitrogens with one attached hydrogen (secondary N) is 2. The fraction of sp³-hybridized carbons (Fsp3) is 0.231. The van der Waals surface area contributed by atoms with Crippen LogP contribution in [0.4, 0.5) is 11.4 Å². The number of hydrogen-bond acceptors (Lipinski definition) is 3. The number of amides is 1. The molecule has 0 aliphatic rings. The normalized spacial score (nSPS) is 10.3. The number of hydrogen-bond donors (Lipinski definition) is 3. The van der Waals surface area contributed by atoms with Crippen LogP contribution in [0.1, 0.15) is 29.4 Å². The highest BCUT2D eigenvalue weighted by Gasteiger charge is 2.11. The number of nitrogens with zero attached hydrogens (tertiary/aromatic N) is 1. The summed E-state index contributed by atoms with van der Waals surface area (Å²) < 4.78 is 0. The molecule has 1 heterocycles. The Hall–Kier alpha value is -2.30. The summed E-state index contributed by atoms with van der Waals surface area (Å²) >= 11 is 0. The van der Waals surface area contributed by atoms with E-state index >= 15 is 0 Å². The molecule has 1 amide bonds. The number of nitrogens with two attached hydrogens (primary N) is 1. The molecule has 18 heavy (non-hydrogen) atoms. The van der Waals surface area contributed by atoms with Gasteiger partial charge in [-0.2, -0.15) is 5.10 Å². The van der Waals surface area contributed by atoms with Crippen molar-refractivity contribution in [3.63, 3.8) is 0 Å². The van der Waals surface area contributed by atoms with E-state index in [4.69, 9.17) is 5.73 Å². The van der Waals surface area contributed by atoms with E-state index in [1.54, 1.807) is 0 Å². The average Bonchev–Trinajstić information content (AvgIpc) is 2.78. The molecule has 0 saturated heterocycles. The standard InChI is InChI=1S/C13H16N4O/c1-2-3-9-4-6-10(7-5-9)16-13(18)12-11(14)8-15-17-12/h4-8H,2-3,14H2,1H3,(H,15,17)(H,16,18).